The summed E-state index contributed by atoms with van der Waals surface area (Å²) in [6.45, 7) is 1.98. The van der Waals surface area contributed by atoms with Crippen LogP contribution in [-0.4, -0.2) is 23.5 Å². The van der Waals surface area contributed by atoms with Gasteiger partial charge in [0.2, 0.25) is 5.91 Å². The van der Waals surface area contributed by atoms with E-state index < -0.39 is 5.97 Å². The van der Waals surface area contributed by atoms with E-state index in [0.29, 0.717) is 6.42 Å². The van der Waals surface area contributed by atoms with E-state index >= 15 is 0 Å². The van der Waals surface area contributed by atoms with E-state index in [1.165, 1.54) is 57.8 Å². The predicted octanol–water partition coefficient (Wildman–Crippen LogP) is 5.22. The molecular weight excluding hydrogens is 302 g/mol. The largest absolute Gasteiger partial charge is 0.480 e. The molecule has 0 aliphatic carbocycles. The number of carbonyl (C=O) groups is 2. The van der Waals surface area contributed by atoms with Crippen molar-refractivity contribution in [2.24, 2.45) is 0 Å². The average Bonchev–Trinajstić information content (AvgIpc) is 2.56. The summed E-state index contributed by atoms with van der Waals surface area (Å²) in [4.78, 5) is 21.6. The third kappa shape index (κ3) is 18.7. The average molecular weight is 340 g/mol. The Morgan fingerprint density at radius 3 is 1.83 bits per heavy atom. The maximum absolute atomic E-state index is 11.3. The maximum Gasteiger partial charge on any atom is 0.322 e. The van der Waals surface area contributed by atoms with Crippen LogP contribution in [0.2, 0.25) is 0 Å². The van der Waals surface area contributed by atoms with E-state index in [2.05, 4.69) is 24.4 Å². The van der Waals surface area contributed by atoms with Crippen LogP contribution in [0.1, 0.15) is 96.8 Å². The maximum atomic E-state index is 11.3. The number of amides is 1. The minimum absolute atomic E-state index is 0.157. The third-order valence-electron chi connectivity index (χ3n) is 4.10. The second-order valence-corrected chi connectivity index (χ2v) is 6.50. The molecule has 0 fully saturated rings. The summed E-state index contributed by atoms with van der Waals surface area (Å²) in [5.41, 5.74) is 0. The van der Waals surface area contributed by atoms with Gasteiger partial charge in [-0.1, -0.05) is 70.4 Å². The van der Waals surface area contributed by atoms with Crippen molar-refractivity contribution in [3.63, 3.8) is 0 Å². The normalized spacial score (nSPS) is 11.0. The van der Waals surface area contributed by atoms with Gasteiger partial charge >= 0.3 is 5.97 Å². The first-order valence-corrected chi connectivity index (χ1v) is 9.80. The predicted molar refractivity (Wildman–Crippen MR) is 100 cm³/mol. The number of carboxylic acid groups (broad SMARTS) is 1. The van der Waals surface area contributed by atoms with E-state index in [1.807, 2.05) is 0 Å². The molecule has 0 atom stereocenters. The Balaban J connectivity index is 3.20. The Bertz CT molecular complexity index is 340. The fourth-order valence-corrected chi connectivity index (χ4v) is 2.62. The summed E-state index contributed by atoms with van der Waals surface area (Å²) in [6, 6.07) is 0. The van der Waals surface area contributed by atoms with E-state index in [0.717, 1.165) is 25.7 Å². The van der Waals surface area contributed by atoms with E-state index in [9.17, 15) is 9.59 Å². The molecule has 0 saturated heterocycles. The summed E-state index contributed by atoms with van der Waals surface area (Å²) < 4.78 is 0. The highest BCUT2D eigenvalue weighted by Gasteiger charge is 2.02. The third-order valence-corrected chi connectivity index (χ3v) is 4.10. The van der Waals surface area contributed by atoms with Gasteiger partial charge in [-0.05, 0) is 32.1 Å². The Morgan fingerprint density at radius 1 is 0.792 bits per heavy atom. The first-order valence-electron chi connectivity index (χ1n) is 9.80. The number of rotatable bonds is 17. The highest BCUT2D eigenvalue weighted by molar-refractivity contribution is 5.80. The van der Waals surface area contributed by atoms with Crippen LogP contribution in [0.25, 0.3) is 0 Å². The van der Waals surface area contributed by atoms with Crippen molar-refractivity contribution in [3.05, 3.63) is 12.2 Å². The van der Waals surface area contributed by atoms with Crippen molar-refractivity contribution in [2.45, 2.75) is 96.8 Å². The molecule has 2 N–H and O–H groups in total. The molecule has 0 aliphatic rings. The first kappa shape index (κ1) is 22.7. The number of carbonyl (C=O) groups excluding carboxylic acids is 1. The van der Waals surface area contributed by atoms with Gasteiger partial charge in [0.25, 0.3) is 0 Å². The molecule has 0 saturated carbocycles. The lowest BCUT2D eigenvalue weighted by Gasteiger charge is -2.02. The van der Waals surface area contributed by atoms with Gasteiger partial charge in [-0.3, -0.25) is 9.59 Å². The highest BCUT2D eigenvalue weighted by atomic mass is 16.4. The number of unbranched alkanes of at least 4 members (excludes halogenated alkanes) is 11. The van der Waals surface area contributed by atoms with Crippen LogP contribution < -0.4 is 5.32 Å². The van der Waals surface area contributed by atoms with Crippen molar-refractivity contribution in [1.29, 1.82) is 0 Å². The number of nitrogens with one attached hydrogen (secondary N) is 1. The zero-order valence-electron chi connectivity index (χ0n) is 15.5. The zero-order chi connectivity index (χ0) is 17.9. The van der Waals surface area contributed by atoms with Crippen LogP contribution in [0.5, 0.6) is 0 Å². The Labute approximate surface area is 148 Å². The minimum Gasteiger partial charge on any atom is -0.480 e. The molecular formula is C20H37NO3. The lowest BCUT2D eigenvalue weighted by molar-refractivity contribution is -0.137. The molecule has 4 heteroatoms. The van der Waals surface area contributed by atoms with Gasteiger partial charge in [0, 0.05) is 6.42 Å². The van der Waals surface area contributed by atoms with E-state index in [4.69, 9.17) is 5.11 Å². The lowest BCUT2D eigenvalue weighted by atomic mass is 10.1. The van der Waals surface area contributed by atoms with Crippen molar-refractivity contribution in [2.75, 3.05) is 6.54 Å². The lowest BCUT2D eigenvalue weighted by Crippen LogP contribution is -2.28. The SMILES string of the molecule is CCCCCCCCC=CCCCCCCCC(=O)NCC(=O)O. The smallest absolute Gasteiger partial charge is 0.322 e. The molecule has 0 rings (SSSR count). The van der Waals surface area contributed by atoms with Crippen LogP contribution in [0.15, 0.2) is 12.2 Å². The molecule has 0 aromatic rings. The molecule has 0 bridgehead atoms. The van der Waals surface area contributed by atoms with Gasteiger partial charge in [-0.2, -0.15) is 0 Å². The summed E-state index contributed by atoms with van der Waals surface area (Å²) in [7, 11) is 0. The molecule has 0 unspecified atom stereocenters. The fraction of sp³-hybridized carbons (Fsp3) is 0.800. The molecule has 0 spiro atoms. The number of allylic oxidation sites excluding steroid dienone is 2. The Hall–Kier alpha value is -1.32. The van der Waals surface area contributed by atoms with Crippen LogP contribution in [0.3, 0.4) is 0 Å². The Kier molecular flexibility index (Phi) is 17.0. The summed E-state index contributed by atoms with van der Waals surface area (Å²) in [5, 5.41) is 10.8. The van der Waals surface area contributed by atoms with Crippen molar-refractivity contribution in [1.82, 2.24) is 5.32 Å². The molecule has 140 valence electrons. The summed E-state index contributed by atoms with van der Waals surface area (Å²) >= 11 is 0. The molecule has 4 nitrogen and oxygen atoms in total. The zero-order valence-corrected chi connectivity index (χ0v) is 15.5. The van der Waals surface area contributed by atoms with Crippen molar-refractivity contribution < 1.29 is 14.7 Å². The molecule has 0 aromatic carbocycles. The van der Waals surface area contributed by atoms with E-state index in [1.54, 1.807) is 0 Å². The molecule has 0 radical (unpaired) electrons. The standard InChI is InChI=1S/C20H37NO3/c1-2-3-4-5-6-7-8-9-10-11-12-13-14-15-16-17-19(22)21-18-20(23)24/h9-10H,2-8,11-18H2,1H3,(H,21,22)(H,23,24). The number of carboxylic acids is 1. The molecule has 24 heavy (non-hydrogen) atoms. The number of hydrogen-bond donors (Lipinski definition) is 2. The van der Waals surface area contributed by atoms with Gasteiger partial charge in [-0.15, -0.1) is 0 Å². The van der Waals surface area contributed by atoms with Crippen LogP contribution in [-0.2, 0) is 9.59 Å². The molecule has 0 aliphatic heterocycles. The topological polar surface area (TPSA) is 66.4 Å². The van der Waals surface area contributed by atoms with Crippen molar-refractivity contribution >= 4 is 11.9 Å². The highest BCUT2D eigenvalue weighted by Crippen LogP contribution is 2.09. The van der Waals surface area contributed by atoms with Gasteiger partial charge < -0.3 is 10.4 Å². The number of hydrogen-bond acceptors (Lipinski definition) is 2. The van der Waals surface area contributed by atoms with Crippen LogP contribution in [0.4, 0.5) is 0 Å². The molecule has 1 amide bonds. The monoisotopic (exact) mass is 339 g/mol. The molecule has 0 aromatic heterocycles. The van der Waals surface area contributed by atoms with Gasteiger partial charge in [0.15, 0.2) is 0 Å². The minimum atomic E-state index is -0.993. The van der Waals surface area contributed by atoms with Gasteiger partial charge in [0.1, 0.15) is 6.54 Å². The van der Waals surface area contributed by atoms with Gasteiger partial charge in [0.05, 0.1) is 0 Å². The fourth-order valence-electron chi connectivity index (χ4n) is 2.62. The second-order valence-electron chi connectivity index (χ2n) is 6.50. The molecule has 0 heterocycles. The summed E-state index contributed by atoms with van der Waals surface area (Å²) in [5.74, 6) is -1.15. The quantitative estimate of drug-likeness (QED) is 0.282. The van der Waals surface area contributed by atoms with Crippen LogP contribution >= 0.6 is 0 Å². The first-order chi connectivity index (χ1) is 11.7. The number of aliphatic carboxylic acids is 1. The second kappa shape index (κ2) is 18.0. The van der Waals surface area contributed by atoms with E-state index in [-0.39, 0.29) is 12.5 Å². The van der Waals surface area contributed by atoms with Gasteiger partial charge in [-0.25, -0.2) is 0 Å². The van der Waals surface area contributed by atoms with Crippen LogP contribution in [0, 0.1) is 0 Å². The Morgan fingerprint density at radius 2 is 1.29 bits per heavy atom. The van der Waals surface area contributed by atoms with Crippen molar-refractivity contribution in [3.8, 4) is 0 Å². The summed E-state index contributed by atoms with van der Waals surface area (Å²) in [6.07, 6.45) is 21.1.